The minimum atomic E-state index is -0.508. The summed E-state index contributed by atoms with van der Waals surface area (Å²) in [6.07, 6.45) is 1.24. The standard InChI is InChI=1S/C16H12N4O4S/c21-15(10-25-16-18-12-6-2-4-8-14(12)24-16)19-17-9-11-5-1-3-7-13(11)20(22)23/h1-9H,10H2,(H,19,21). The lowest BCUT2D eigenvalue weighted by Gasteiger charge is -1.98. The van der Waals surface area contributed by atoms with Crippen LogP contribution in [-0.2, 0) is 4.79 Å². The molecule has 3 aromatic rings. The molecule has 1 heterocycles. The number of benzene rings is 2. The molecule has 1 N–H and O–H groups in total. The summed E-state index contributed by atoms with van der Waals surface area (Å²) < 4.78 is 5.49. The van der Waals surface area contributed by atoms with Gasteiger partial charge in [0.2, 0.25) is 0 Å². The van der Waals surface area contributed by atoms with E-state index < -0.39 is 4.92 Å². The van der Waals surface area contributed by atoms with Gasteiger partial charge in [-0.25, -0.2) is 10.4 Å². The van der Waals surface area contributed by atoms with E-state index in [-0.39, 0.29) is 17.3 Å². The second-order valence-electron chi connectivity index (χ2n) is 4.85. The van der Waals surface area contributed by atoms with Crippen molar-refractivity contribution in [3.8, 4) is 0 Å². The number of amides is 1. The summed E-state index contributed by atoms with van der Waals surface area (Å²) in [5.74, 6) is -0.316. The fourth-order valence-corrected chi connectivity index (χ4v) is 2.64. The molecule has 0 atom stereocenters. The monoisotopic (exact) mass is 356 g/mol. The summed E-state index contributed by atoms with van der Waals surface area (Å²) in [6.45, 7) is 0. The summed E-state index contributed by atoms with van der Waals surface area (Å²) in [7, 11) is 0. The van der Waals surface area contributed by atoms with Crippen LogP contribution in [0, 0.1) is 10.1 Å². The van der Waals surface area contributed by atoms with Crippen molar-refractivity contribution >= 4 is 40.7 Å². The maximum absolute atomic E-state index is 11.8. The maximum atomic E-state index is 11.8. The van der Waals surface area contributed by atoms with Gasteiger partial charge >= 0.3 is 0 Å². The van der Waals surface area contributed by atoms with Gasteiger partial charge in [0.05, 0.1) is 22.5 Å². The molecule has 25 heavy (non-hydrogen) atoms. The van der Waals surface area contributed by atoms with Gasteiger partial charge in [0.1, 0.15) is 5.52 Å². The molecule has 0 saturated heterocycles. The van der Waals surface area contributed by atoms with Crippen molar-refractivity contribution < 1.29 is 14.1 Å². The minimum Gasteiger partial charge on any atom is -0.431 e. The number of carbonyl (C=O) groups excluding carboxylic acids is 1. The smallest absolute Gasteiger partial charge is 0.278 e. The highest BCUT2D eigenvalue weighted by molar-refractivity contribution is 7.99. The van der Waals surface area contributed by atoms with Crippen LogP contribution in [0.3, 0.4) is 0 Å². The summed E-state index contributed by atoms with van der Waals surface area (Å²) >= 11 is 1.14. The third-order valence-corrected chi connectivity index (χ3v) is 3.96. The largest absolute Gasteiger partial charge is 0.431 e. The fourth-order valence-electron chi connectivity index (χ4n) is 2.01. The lowest BCUT2D eigenvalue weighted by molar-refractivity contribution is -0.385. The van der Waals surface area contributed by atoms with E-state index in [1.165, 1.54) is 12.3 Å². The predicted molar refractivity (Wildman–Crippen MR) is 93.6 cm³/mol. The molecule has 0 bridgehead atoms. The zero-order chi connectivity index (χ0) is 17.6. The molecule has 8 nitrogen and oxygen atoms in total. The van der Waals surface area contributed by atoms with Gasteiger partial charge < -0.3 is 4.42 Å². The van der Waals surface area contributed by atoms with Crippen molar-refractivity contribution in [3.63, 3.8) is 0 Å². The van der Waals surface area contributed by atoms with Crippen LogP contribution in [0.4, 0.5) is 5.69 Å². The molecular weight excluding hydrogens is 344 g/mol. The Morgan fingerprint density at radius 2 is 2.04 bits per heavy atom. The van der Waals surface area contributed by atoms with Crippen molar-refractivity contribution in [1.82, 2.24) is 10.4 Å². The second kappa shape index (κ2) is 7.58. The number of carbonyl (C=O) groups is 1. The van der Waals surface area contributed by atoms with Gasteiger partial charge in [0.25, 0.3) is 16.8 Å². The number of hydrogen-bond donors (Lipinski definition) is 1. The summed E-state index contributed by atoms with van der Waals surface area (Å²) in [5, 5.41) is 15.0. The number of para-hydroxylation sites is 3. The van der Waals surface area contributed by atoms with Gasteiger partial charge in [-0.05, 0) is 18.2 Å². The van der Waals surface area contributed by atoms with Crippen LogP contribution in [0.15, 0.2) is 63.3 Å². The van der Waals surface area contributed by atoms with Crippen molar-refractivity contribution in [1.29, 1.82) is 0 Å². The third-order valence-electron chi connectivity index (χ3n) is 3.13. The Hall–Kier alpha value is -3.20. The van der Waals surface area contributed by atoms with E-state index in [1.54, 1.807) is 24.3 Å². The van der Waals surface area contributed by atoms with Gasteiger partial charge in [-0.1, -0.05) is 36.0 Å². The van der Waals surface area contributed by atoms with E-state index in [4.69, 9.17) is 4.42 Å². The Labute approximate surface area is 146 Å². The Morgan fingerprint density at radius 1 is 1.28 bits per heavy atom. The molecule has 0 unspecified atom stereocenters. The van der Waals surface area contributed by atoms with E-state index in [2.05, 4.69) is 15.5 Å². The first-order valence-electron chi connectivity index (χ1n) is 7.17. The first-order chi connectivity index (χ1) is 12.1. The van der Waals surface area contributed by atoms with Crippen molar-refractivity contribution in [2.75, 3.05) is 5.75 Å². The van der Waals surface area contributed by atoms with Crippen LogP contribution in [0.25, 0.3) is 11.1 Å². The second-order valence-corrected chi connectivity index (χ2v) is 5.77. The highest BCUT2D eigenvalue weighted by atomic mass is 32.2. The lowest BCUT2D eigenvalue weighted by Crippen LogP contribution is -2.19. The van der Waals surface area contributed by atoms with Crippen LogP contribution in [0.1, 0.15) is 5.56 Å². The molecule has 0 spiro atoms. The van der Waals surface area contributed by atoms with Gasteiger partial charge in [0, 0.05) is 6.07 Å². The predicted octanol–water partition coefficient (Wildman–Crippen LogP) is 2.98. The van der Waals surface area contributed by atoms with Crippen LogP contribution in [0.5, 0.6) is 0 Å². The Bertz CT molecular complexity index is 921. The molecule has 0 saturated carbocycles. The summed E-state index contributed by atoms with van der Waals surface area (Å²) in [5.41, 5.74) is 3.92. The molecule has 1 amide bonds. The molecule has 0 radical (unpaired) electrons. The maximum Gasteiger partial charge on any atom is 0.278 e. The highest BCUT2D eigenvalue weighted by Gasteiger charge is 2.11. The topological polar surface area (TPSA) is 111 Å². The normalized spacial score (nSPS) is 11.0. The van der Waals surface area contributed by atoms with E-state index >= 15 is 0 Å². The summed E-state index contributed by atoms with van der Waals surface area (Å²) in [4.78, 5) is 26.4. The van der Waals surface area contributed by atoms with Gasteiger partial charge in [-0.15, -0.1) is 0 Å². The molecular formula is C16H12N4O4S. The van der Waals surface area contributed by atoms with Gasteiger partial charge in [0.15, 0.2) is 5.58 Å². The zero-order valence-corrected chi connectivity index (χ0v) is 13.6. The Balaban J connectivity index is 1.55. The molecule has 126 valence electrons. The first kappa shape index (κ1) is 16.7. The Kier molecular flexibility index (Phi) is 5.05. The van der Waals surface area contributed by atoms with Crippen LogP contribution in [0.2, 0.25) is 0 Å². The first-order valence-corrected chi connectivity index (χ1v) is 8.16. The quantitative estimate of drug-likeness (QED) is 0.315. The number of thioether (sulfide) groups is 1. The number of hydrogen-bond acceptors (Lipinski definition) is 7. The fraction of sp³-hybridized carbons (Fsp3) is 0.0625. The number of nitrogens with zero attached hydrogens (tertiary/aromatic N) is 3. The molecule has 0 aliphatic heterocycles. The van der Waals surface area contributed by atoms with Crippen molar-refractivity contribution in [2.45, 2.75) is 5.22 Å². The molecule has 2 aromatic carbocycles. The average molecular weight is 356 g/mol. The van der Waals surface area contributed by atoms with Crippen molar-refractivity contribution in [3.05, 3.63) is 64.2 Å². The number of nitro benzene ring substituents is 1. The van der Waals surface area contributed by atoms with Crippen LogP contribution < -0.4 is 5.43 Å². The average Bonchev–Trinajstić information content (AvgIpc) is 3.03. The SMILES string of the molecule is O=C(CSc1nc2ccccc2o1)NN=Cc1ccccc1[N+](=O)[O-]. The number of rotatable bonds is 6. The van der Waals surface area contributed by atoms with Crippen LogP contribution >= 0.6 is 11.8 Å². The van der Waals surface area contributed by atoms with E-state index in [1.807, 2.05) is 18.2 Å². The molecule has 0 aliphatic carbocycles. The van der Waals surface area contributed by atoms with Gasteiger partial charge in [-0.3, -0.25) is 14.9 Å². The minimum absolute atomic E-state index is 0.0566. The van der Waals surface area contributed by atoms with E-state index in [0.717, 1.165) is 17.3 Å². The lowest BCUT2D eigenvalue weighted by atomic mass is 10.2. The number of nitrogens with one attached hydrogen (secondary N) is 1. The third kappa shape index (κ3) is 4.21. The molecule has 9 heteroatoms. The van der Waals surface area contributed by atoms with E-state index in [9.17, 15) is 14.9 Å². The van der Waals surface area contributed by atoms with Crippen LogP contribution in [-0.4, -0.2) is 27.8 Å². The molecule has 0 aliphatic rings. The number of fused-ring (bicyclic) bond motifs is 1. The van der Waals surface area contributed by atoms with Gasteiger partial charge in [-0.2, -0.15) is 5.10 Å². The number of hydrazone groups is 1. The Morgan fingerprint density at radius 3 is 2.84 bits per heavy atom. The van der Waals surface area contributed by atoms with E-state index in [0.29, 0.717) is 16.4 Å². The number of nitro groups is 1. The molecule has 3 rings (SSSR count). The molecule has 0 fully saturated rings. The zero-order valence-electron chi connectivity index (χ0n) is 12.8. The van der Waals surface area contributed by atoms with Crippen molar-refractivity contribution in [2.24, 2.45) is 5.10 Å². The molecule has 1 aromatic heterocycles. The number of aromatic nitrogens is 1. The highest BCUT2D eigenvalue weighted by Crippen LogP contribution is 2.22. The number of oxazole rings is 1. The summed E-state index contributed by atoms with van der Waals surface area (Å²) in [6, 6.07) is 13.4.